The van der Waals surface area contributed by atoms with Crippen molar-refractivity contribution in [1.29, 1.82) is 0 Å². The fraction of sp³-hybridized carbons (Fsp3) is 0.625. The summed E-state index contributed by atoms with van der Waals surface area (Å²) < 4.78 is 52.8. The molecule has 0 aromatic heterocycles. The van der Waals surface area contributed by atoms with Gasteiger partial charge in [-0.2, -0.15) is 4.31 Å². The van der Waals surface area contributed by atoms with Crippen molar-refractivity contribution in [1.82, 2.24) is 4.31 Å². The third-order valence-electron chi connectivity index (χ3n) is 4.59. The van der Waals surface area contributed by atoms with Crippen LogP contribution in [-0.4, -0.2) is 47.5 Å². The zero-order chi connectivity index (χ0) is 18.3. The minimum atomic E-state index is -3.63. The van der Waals surface area contributed by atoms with Crippen LogP contribution in [-0.2, 0) is 20.0 Å². The van der Waals surface area contributed by atoms with E-state index in [1.807, 2.05) is 0 Å². The maximum atomic E-state index is 13.1. The van der Waals surface area contributed by atoms with E-state index in [0.717, 1.165) is 35.4 Å². The minimum absolute atomic E-state index is 0.237. The summed E-state index contributed by atoms with van der Waals surface area (Å²) in [6, 6.07) is 1.75. The SMILES string of the molecule is Cc1cc(C)c(S(=O)(=O)N2CCCCC2)c(C)c1N(C)S(C)(=O)=O. The second-order valence-electron chi connectivity index (χ2n) is 6.51. The highest BCUT2D eigenvalue weighted by atomic mass is 32.2. The van der Waals surface area contributed by atoms with Crippen LogP contribution in [0.15, 0.2) is 11.0 Å². The Balaban J connectivity index is 2.67. The van der Waals surface area contributed by atoms with Gasteiger partial charge in [0.2, 0.25) is 20.0 Å². The Hall–Kier alpha value is -1.12. The van der Waals surface area contributed by atoms with Crippen LogP contribution in [0.25, 0.3) is 0 Å². The lowest BCUT2D eigenvalue weighted by Gasteiger charge is -2.29. The van der Waals surface area contributed by atoms with E-state index in [0.29, 0.717) is 29.9 Å². The monoisotopic (exact) mass is 374 g/mol. The molecule has 0 N–H and O–H groups in total. The van der Waals surface area contributed by atoms with Gasteiger partial charge in [0.05, 0.1) is 16.8 Å². The zero-order valence-corrected chi connectivity index (χ0v) is 16.6. The molecule has 0 saturated carbocycles. The first-order valence-corrected chi connectivity index (χ1v) is 11.3. The summed E-state index contributed by atoms with van der Waals surface area (Å²) in [4.78, 5) is 0.237. The summed E-state index contributed by atoms with van der Waals surface area (Å²) in [6.45, 7) is 6.29. The lowest BCUT2D eigenvalue weighted by Crippen LogP contribution is -2.36. The van der Waals surface area contributed by atoms with Crippen LogP contribution in [0.5, 0.6) is 0 Å². The molecule has 136 valence electrons. The molecular formula is C16H26N2O4S2. The molecule has 1 heterocycles. The average Bonchev–Trinajstić information content (AvgIpc) is 2.46. The quantitative estimate of drug-likeness (QED) is 0.810. The van der Waals surface area contributed by atoms with Gasteiger partial charge in [0.15, 0.2) is 0 Å². The first-order valence-electron chi connectivity index (χ1n) is 8.02. The van der Waals surface area contributed by atoms with Crippen molar-refractivity contribution in [3.05, 3.63) is 22.8 Å². The molecule has 1 saturated heterocycles. The average molecular weight is 375 g/mol. The van der Waals surface area contributed by atoms with Crippen LogP contribution in [0, 0.1) is 20.8 Å². The summed E-state index contributed by atoms with van der Waals surface area (Å²) in [5, 5.41) is 0. The van der Waals surface area contributed by atoms with Gasteiger partial charge >= 0.3 is 0 Å². The smallest absolute Gasteiger partial charge is 0.243 e. The maximum Gasteiger partial charge on any atom is 0.243 e. The molecule has 0 radical (unpaired) electrons. The summed E-state index contributed by atoms with van der Waals surface area (Å²) in [5.74, 6) is 0. The van der Waals surface area contributed by atoms with Crippen molar-refractivity contribution in [2.75, 3.05) is 30.7 Å². The molecule has 1 aliphatic heterocycles. The summed E-state index contributed by atoms with van der Waals surface area (Å²) in [5.41, 5.74) is 2.33. The lowest BCUT2D eigenvalue weighted by atomic mass is 10.1. The number of aryl methyl sites for hydroxylation is 2. The van der Waals surface area contributed by atoms with E-state index >= 15 is 0 Å². The van der Waals surface area contributed by atoms with Gasteiger partial charge in [-0.25, -0.2) is 16.8 Å². The van der Waals surface area contributed by atoms with Crippen molar-refractivity contribution in [3.63, 3.8) is 0 Å². The number of nitrogens with zero attached hydrogens (tertiary/aromatic N) is 2. The third kappa shape index (κ3) is 3.45. The summed E-state index contributed by atoms with van der Waals surface area (Å²) in [7, 11) is -5.65. The van der Waals surface area contributed by atoms with Crippen LogP contribution in [0.4, 0.5) is 5.69 Å². The second-order valence-corrected chi connectivity index (χ2v) is 10.4. The molecule has 2 rings (SSSR count). The molecule has 0 amide bonds. The number of hydrogen-bond donors (Lipinski definition) is 0. The number of piperidine rings is 1. The Bertz CT molecular complexity index is 839. The standard InChI is InChI=1S/C16H26N2O4S2/c1-12-11-13(2)16(14(3)15(12)17(4)23(5,19)20)24(21,22)18-9-7-6-8-10-18/h11H,6-10H2,1-5H3. The van der Waals surface area contributed by atoms with Crippen molar-refractivity contribution in [2.45, 2.75) is 44.9 Å². The van der Waals surface area contributed by atoms with E-state index in [2.05, 4.69) is 0 Å². The molecule has 1 aromatic carbocycles. The molecule has 24 heavy (non-hydrogen) atoms. The Morgan fingerprint density at radius 1 is 0.958 bits per heavy atom. The second kappa shape index (κ2) is 6.65. The van der Waals surface area contributed by atoms with E-state index in [1.165, 1.54) is 11.4 Å². The van der Waals surface area contributed by atoms with Crippen LogP contribution in [0.1, 0.15) is 36.0 Å². The Kier molecular flexibility index (Phi) is 5.32. The number of anilines is 1. The molecule has 1 fully saturated rings. The van der Waals surface area contributed by atoms with Gasteiger partial charge in [-0.15, -0.1) is 0 Å². The molecule has 1 aromatic rings. The van der Waals surface area contributed by atoms with Gasteiger partial charge in [0, 0.05) is 20.1 Å². The lowest BCUT2D eigenvalue weighted by molar-refractivity contribution is 0.346. The highest BCUT2D eigenvalue weighted by molar-refractivity contribution is 7.92. The van der Waals surface area contributed by atoms with E-state index in [-0.39, 0.29) is 4.90 Å². The molecular weight excluding hydrogens is 348 g/mol. The van der Waals surface area contributed by atoms with E-state index < -0.39 is 20.0 Å². The fourth-order valence-corrected chi connectivity index (χ4v) is 6.00. The molecule has 0 bridgehead atoms. The third-order valence-corrected chi connectivity index (χ3v) is 7.95. The summed E-state index contributed by atoms with van der Waals surface area (Å²) >= 11 is 0. The topological polar surface area (TPSA) is 74.8 Å². The molecule has 0 spiro atoms. The molecule has 0 atom stereocenters. The Labute approximate surface area is 145 Å². The van der Waals surface area contributed by atoms with E-state index in [9.17, 15) is 16.8 Å². The van der Waals surface area contributed by atoms with Gasteiger partial charge in [0.1, 0.15) is 0 Å². The van der Waals surface area contributed by atoms with Crippen molar-refractivity contribution < 1.29 is 16.8 Å². The maximum absolute atomic E-state index is 13.1. The zero-order valence-electron chi connectivity index (χ0n) is 15.0. The van der Waals surface area contributed by atoms with Gasteiger partial charge in [-0.3, -0.25) is 4.31 Å². The van der Waals surface area contributed by atoms with Crippen molar-refractivity contribution in [2.24, 2.45) is 0 Å². The van der Waals surface area contributed by atoms with Gasteiger partial charge in [-0.1, -0.05) is 12.5 Å². The van der Waals surface area contributed by atoms with Crippen LogP contribution in [0.3, 0.4) is 0 Å². The number of sulfonamides is 2. The van der Waals surface area contributed by atoms with Gasteiger partial charge in [0.25, 0.3) is 0 Å². The molecule has 8 heteroatoms. The number of rotatable bonds is 4. The highest BCUT2D eigenvalue weighted by Crippen LogP contribution is 2.35. The largest absolute Gasteiger partial charge is 0.273 e. The fourth-order valence-electron chi connectivity index (χ4n) is 3.44. The van der Waals surface area contributed by atoms with Crippen LogP contribution >= 0.6 is 0 Å². The Morgan fingerprint density at radius 2 is 1.50 bits per heavy atom. The number of hydrogen-bond acceptors (Lipinski definition) is 4. The van der Waals surface area contributed by atoms with Crippen LogP contribution < -0.4 is 4.31 Å². The first-order chi connectivity index (χ1) is 11.0. The van der Waals surface area contributed by atoms with E-state index in [1.54, 1.807) is 26.8 Å². The van der Waals surface area contributed by atoms with Crippen molar-refractivity contribution in [3.8, 4) is 0 Å². The molecule has 0 aliphatic carbocycles. The number of benzene rings is 1. The predicted molar refractivity (Wildman–Crippen MR) is 96.5 cm³/mol. The summed E-state index contributed by atoms with van der Waals surface area (Å²) in [6.07, 6.45) is 3.88. The van der Waals surface area contributed by atoms with Gasteiger partial charge < -0.3 is 0 Å². The molecule has 0 unspecified atom stereocenters. The van der Waals surface area contributed by atoms with Crippen molar-refractivity contribution >= 4 is 25.7 Å². The molecule has 6 nitrogen and oxygen atoms in total. The highest BCUT2D eigenvalue weighted by Gasteiger charge is 2.31. The van der Waals surface area contributed by atoms with E-state index in [4.69, 9.17) is 0 Å². The predicted octanol–water partition coefficient (Wildman–Crippen LogP) is 2.18. The normalized spacial score (nSPS) is 17.0. The Morgan fingerprint density at radius 3 is 2.00 bits per heavy atom. The van der Waals surface area contributed by atoms with Gasteiger partial charge in [-0.05, 0) is 50.3 Å². The first kappa shape index (κ1) is 19.2. The molecule has 1 aliphatic rings. The van der Waals surface area contributed by atoms with Crippen LogP contribution in [0.2, 0.25) is 0 Å². The minimum Gasteiger partial charge on any atom is -0.273 e.